The van der Waals surface area contributed by atoms with Crippen molar-refractivity contribution in [2.24, 2.45) is 5.92 Å². The molecular weight excluding hydrogens is 324 g/mol. The minimum Gasteiger partial charge on any atom is -0.481 e. The van der Waals surface area contributed by atoms with Crippen LogP contribution in [0.2, 0.25) is 0 Å². The number of carbonyl (C=O) groups is 3. The van der Waals surface area contributed by atoms with E-state index in [1.165, 1.54) is 6.42 Å². The van der Waals surface area contributed by atoms with Crippen molar-refractivity contribution < 1.29 is 29.0 Å². The van der Waals surface area contributed by atoms with Gasteiger partial charge >= 0.3 is 17.9 Å². The Hall–Kier alpha value is -2.11. The van der Waals surface area contributed by atoms with Crippen LogP contribution in [0.3, 0.4) is 0 Å². The predicted molar refractivity (Wildman–Crippen MR) is 95.0 cm³/mol. The summed E-state index contributed by atoms with van der Waals surface area (Å²) in [4.78, 5) is 33.7. The molecule has 0 radical (unpaired) electrons. The number of carbonyl (C=O) groups excluding carboxylic acids is 2. The highest BCUT2D eigenvalue weighted by atomic mass is 16.5. The van der Waals surface area contributed by atoms with Crippen LogP contribution in [0.5, 0.6) is 0 Å². The van der Waals surface area contributed by atoms with E-state index in [0.29, 0.717) is 12.8 Å². The fourth-order valence-electron chi connectivity index (χ4n) is 2.05. The lowest BCUT2D eigenvalue weighted by atomic mass is 10.0. The number of unbranched alkanes of at least 4 members (excludes halogenated alkanes) is 5. The summed E-state index contributed by atoms with van der Waals surface area (Å²) in [6.45, 7) is 5.83. The summed E-state index contributed by atoms with van der Waals surface area (Å²) in [5.74, 6) is -2.90. The molecule has 142 valence electrons. The van der Waals surface area contributed by atoms with E-state index >= 15 is 0 Å². The number of rotatable bonds is 15. The lowest BCUT2D eigenvalue weighted by Crippen LogP contribution is -2.18. The summed E-state index contributed by atoms with van der Waals surface area (Å²) >= 11 is 0. The number of aliphatic carboxylic acids is 1. The molecule has 0 fully saturated rings. The molecule has 0 saturated heterocycles. The minimum atomic E-state index is -1.03. The van der Waals surface area contributed by atoms with Gasteiger partial charge in [-0.25, -0.2) is 4.79 Å². The number of ether oxygens (including phenoxy) is 2. The molecule has 0 aromatic heterocycles. The first-order valence-corrected chi connectivity index (χ1v) is 8.85. The second-order valence-electron chi connectivity index (χ2n) is 5.73. The number of hydrogen-bond donors (Lipinski definition) is 1. The fraction of sp³-hybridized carbons (Fsp3) is 0.632. The zero-order chi connectivity index (χ0) is 18.9. The van der Waals surface area contributed by atoms with E-state index in [-0.39, 0.29) is 19.6 Å². The molecule has 0 aliphatic rings. The van der Waals surface area contributed by atoms with Gasteiger partial charge in [0.1, 0.15) is 0 Å². The summed E-state index contributed by atoms with van der Waals surface area (Å²) < 4.78 is 9.81. The van der Waals surface area contributed by atoms with E-state index in [1.807, 2.05) is 6.08 Å². The van der Waals surface area contributed by atoms with Gasteiger partial charge in [-0.2, -0.15) is 0 Å². The second kappa shape index (κ2) is 15.4. The largest absolute Gasteiger partial charge is 0.481 e. The van der Waals surface area contributed by atoms with Crippen LogP contribution in [0.1, 0.15) is 58.3 Å². The molecule has 0 saturated carbocycles. The van der Waals surface area contributed by atoms with Gasteiger partial charge in [-0.3, -0.25) is 9.59 Å². The highest BCUT2D eigenvalue weighted by molar-refractivity contribution is 5.81. The zero-order valence-corrected chi connectivity index (χ0v) is 15.1. The van der Waals surface area contributed by atoms with Gasteiger partial charge in [0.2, 0.25) is 0 Å². The van der Waals surface area contributed by atoms with Crippen molar-refractivity contribution in [1.82, 2.24) is 0 Å². The van der Waals surface area contributed by atoms with Crippen molar-refractivity contribution >= 4 is 17.9 Å². The molecular formula is C19H30O6. The second-order valence-corrected chi connectivity index (χ2v) is 5.73. The summed E-state index contributed by atoms with van der Waals surface area (Å²) in [7, 11) is 0. The van der Waals surface area contributed by atoms with Crippen molar-refractivity contribution in [2.75, 3.05) is 13.2 Å². The van der Waals surface area contributed by atoms with Crippen LogP contribution in [0, 0.1) is 5.92 Å². The molecule has 0 aliphatic heterocycles. The molecule has 1 atom stereocenters. The van der Waals surface area contributed by atoms with Gasteiger partial charge in [-0.05, 0) is 25.7 Å². The Morgan fingerprint density at radius 1 is 1.04 bits per heavy atom. The van der Waals surface area contributed by atoms with Crippen molar-refractivity contribution in [3.05, 3.63) is 24.8 Å². The van der Waals surface area contributed by atoms with E-state index in [4.69, 9.17) is 14.6 Å². The van der Waals surface area contributed by atoms with Crippen LogP contribution in [-0.2, 0) is 23.9 Å². The Morgan fingerprint density at radius 3 is 2.32 bits per heavy atom. The normalized spacial score (nSPS) is 11.9. The Bertz CT molecular complexity index is 441. The van der Waals surface area contributed by atoms with Crippen molar-refractivity contribution in [3.63, 3.8) is 0 Å². The van der Waals surface area contributed by atoms with Crippen LogP contribution in [0.4, 0.5) is 0 Å². The predicted octanol–water partition coefficient (Wildman–Crippen LogP) is 3.66. The lowest BCUT2D eigenvalue weighted by Gasteiger charge is -2.08. The van der Waals surface area contributed by atoms with Crippen molar-refractivity contribution in [3.8, 4) is 0 Å². The Balaban J connectivity index is 3.92. The monoisotopic (exact) mass is 354 g/mol. The van der Waals surface area contributed by atoms with Crippen molar-refractivity contribution in [1.29, 1.82) is 0 Å². The molecule has 0 amide bonds. The van der Waals surface area contributed by atoms with Crippen molar-refractivity contribution in [2.45, 2.75) is 58.3 Å². The highest BCUT2D eigenvalue weighted by Gasteiger charge is 2.19. The molecule has 0 aromatic rings. The van der Waals surface area contributed by atoms with Gasteiger partial charge in [-0.15, -0.1) is 0 Å². The SMILES string of the molecule is C=CC(=O)OCCCCOC(=O)CC(/C=C/CCCCCC)C(=O)O. The van der Waals surface area contributed by atoms with E-state index in [9.17, 15) is 14.4 Å². The fourth-order valence-corrected chi connectivity index (χ4v) is 2.05. The number of esters is 2. The molecule has 0 heterocycles. The van der Waals surface area contributed by atoms with Crippen LogP contribution in [0.25, 0.3) is 0 Å². The molecule has 1 unspecified atom stereocenters. The Morgan fingerprint density at radius 2 is 1.72 bits per heavy atom. The third-order valence-electron chi connectivity index (χ3n) is 3.51. The molecule has 0 spiro atoms. The number of carboxylic acids is 1. The number of allylic oxidation sites excluding steroid dienone is 1. The van der Waals surface area contributed by atoms with Gasteiger partial charge in [0, 0.05) is 6.08 Å². The van der Waals surface area contributed by atoms with Gasteiger partial charge in [0.05, 0.1) is 25.6 Å². The van der Waals surface area contributed by atoms with E-state index in [0.717, 1.165) is 31.8 Å². The standard InChI is InChI=1S/C19H30O6/c1-3-5-6-7-8-9-12-16(19(22)23)15-18(21)25-14-11-10-13-24-17(20)4-2/h4,9,12,16H,2-3,5-8,10-11,13-15H2,1H3,(H,22,23)/b12-9+. The third-order valence-corrected chi connectivity index (χ3v) is 3.51. The van der Waals surface area contributed by atoms with E-state index in [2.05, 4.69) is 13.5 Å². The number of hydrogen-bond acceptors (Lipinski definition) is 5. The maximum atomic E-state index is 11.7. The molecule has 6 heteroatoms. The van der Waals surface area contributed by atoms with Gasteiger partial charge in [0.15, 0.2) is 0 Å². The summed E-state index contributed by atoms with van der Waals surface area (Å²) in [6.07, 6.45) is 10.7. The average molecular weight is 354 g/mol. The molecule has 25 heavy (non-hydrogen) atoms. The maximum absolute atomic E-state index is 11.7. The summed E-state index contributed by atoms with van der Waals surface area (Å²) in [6, 6.07) is 0. The van der Waals surface area contributed by atoms with Gasteiger partial charge < -0.3 is 14.6 Å². The Labute approximate surface area is 149 Å². The van der Waals surface area contributed by atoms with Crippen LogP contribution >= 0.6 is 0 Å². The zero-order valence-electron chi connectivity index (χ0n) is 15.1. The van der Waals surface area contributed by atoms with Crippen LogP contribution in [0.15, 0.2) is 24.8 Å². The molecule has 0 aliphatic carbocycles. The molecule has 6 nitrogen and oxygen atoms in total. The van der Waals surface area contributed by atoms with Gasteiger partial charge in [-0.1, -0.05) is 44.9 Å². The first-order chi connectivity index (χ1) is 12.0. The molecule has 0 aromatic carbocycles. The quantitative estimate of drug-likeness (QED) is 0.209. The first kappa shape index (κ1) is 22.9. The smallest absolute Gasteiger partial charge is 0.330 e. The highest BCUT2D eigenvalue weighted by Crippen LogP contribution is 2.10. The van der Waals surface area contributed by atoms with Crippen LogP contribution < -0.4 is 0 Å². The van der Waals surface area contributed by atoms with Crippen LogP contribution in [-0.4, -0.2) is 36.2 Å². The lowest BCUT2D eigenvalue weighted by molar-refractivity contribution is -0.150. The summed E-state index contributed by atoms with van der Waals surface area (Å²) in [5.41, 5.74) is 0. The molecule has 0 bridgehead atoms. The van der Waals surface area contributed by atoms with E-state index in [1.54, 1.807) is 6.08 Å². The topological polar surface area (TPSA) is 89.9 Å². The third kappa shape index (κ3) is 14.0. The first-order valence-electron chi connectivity index (χ1n) is 8.85. The maximum Gasteiger partial charge on any atom is 0.330 e. The molecule has 0 rings (SSSR count). The average Bonchev–Trinajstić information content (AvgIpc) is 2.59. The number of carboxylic acid groups (broad SMARTS) is 1. The Kier molecular flexibility index (Phi) is 14.1. The minimum absolute atomic E-state index is 0.174. The van der Waals surface area contributed by atoms with Gasteiger partial charge in [0.25, 0.3) is 0 Å². The van der Waals surface area contributed by atoms with E-state index < -0.39 is 23.8 Å². The molecule has 1 N–H and O–H groups in total. The summed E-state index contributed by atoms with van der Waals surface area (Å²) in [5, 5.41) is 9.16.